The number of ether oxygens (including phenoxy) is 1. The number of nitrogens with zero attached hydrogens (tertiary/aromatic N) is 1. The van der Waals surface area contributed by atoms with Gasteiger partial charge in [-0.15, -0.1) is 11.3 Å². The molecule has 0 bridgehead atoms. The summed E-state index contributed by atoms with van der Waals surface area (Å²) in [6.07, 6.45) is 3.06. The molecular formula is C19H21NO3S. The van der Waals surface area contributed by atoms with E-state index in [-0.39, 0.29) is 17.7 Å². The van der Waals surface area contributed by atoms with Crippen LogP contribution in [0.5, 0.6) is 5.75 Å². The zero-order chi connectivity index (χ0) is 17.1. The van der Waals surface area contributed by atoms with Crippen LogP contribution in [0.25, 0.3) is 0 Å². The Morgan fingerprint density at radius 1 is 1.25 bits per heavy atom. The van der Waals surface area contributed by atoms with Gasteiger partial charge in [0.1, 0.15) is 5.75 Å². The molecule has 0 unspecified atom stereocenters. The first-order valence-electron chi connectivity index (χ1n) is 8.14. The first kappa shape index (κ1) is 16.7. The van der Waals surface area contributed by atoms with E-state index in [1.807, 2.05) is 29.2 Å². The monoisotopic (exact) mass is 343 g/mol. The molecule has 0 N–H and O–H groups in total. The maximum atomic E-state index is 13.0. The van der Waals surface area contributed by atoms with Crippen LogP contribution >= 0.6 is 11.3 Å². The highest BCUT2D eigenvalue weighted by Gasteiger charge is 2.29. The van der Waals surface area contributed by atoms with E-state index < -0.39 is 0 Å². The third-order valence-corrected chi connectivity index (χ3v) is 5.47. The van der Waals surface area contributed by atoms with Crippen molar-refractivity contribution in [1.82, 2.24) is 4.90 Å². The fourth-order valence-electron chi connectivity index (χ4n) is 3.17. The largest absolute Gasteiger partial charge is 0.497 e. The summed E-state index contributed by atoms with van der Waals surface area (Å²) in [7, 11) is 1.65. The Bertz CT molecular complexity index is 753. The van der Waals surface area contributed by atoms with E-state index in [0.29, 0.717) is 10.4 Å². The molecular weight excluding hydrogens is 322 g/mol. The predicted molar refractivity (Wildman–Crippen MR) is 94.9 cm³/mol. The van der Waals surface area contributed by atoms with E-state index in [2.05, 4.69) is 0 Å². The highest BCUT2D eigenvalue weighted by atomic mass is 32.1. The average molecular weight is 343 g/mol. The molecule has 126 valence electrons. The standard InChI is InChI=1S/C19H21NO3S/c1-13(21)18-11-15(12-24-18)19(22)20-9-4-3-8-17(20)14-6-5-7-16(10-14)23-2/h5-7,10-12,17H,3-4,8-9H2,1-2H3/t17-/m1/s1. The summed E-state index contributed by atoms with van der Waals surface area (Å²) in [5.74, 6) is 0.813. The SMILES string of the molecule is COc1cccc([C@H]2CCCCN2C(=O)c2csc(C(C)=O)c2)c1. The molecule has 5 heteroatoms. The number of carbonyl (C=O) groups excluding carboxylic acids is 2. The molecule has 1 aliphatic heterocycles. The van der Waals surface area contributed by atoms with Crippen LogP contribution in [0.3, 0.4) is 0 Å². The Morgan fingerprint density at radius 2 is 2.08 bits per heavy atom. The smallest absolute Gasteiger partial charge is 0.255 e. The second kappa shape index (κ2) is 7.18. The van der Waals surface area contributed by atoms with Gasteiger partial charge in [0.25, 0.3) is 5.91 Å². The average Bonchev–Trinajstić information content (AvgIpc) is 3.11. The number of thiophene rings is 1. The molecule has 2 heterocycles. The van der Waals surface area contributed by atoms with Gasteiger partial charge in [-0.2, -0.15) is 0 Å². The Hall–Kier alpha value is -2.14. The summed E-state index contributed by atoms with van der Waals surface area (Å²) in [4.78, 5) is 27.0. The normalized spacial score (nSPS) is 17.6. The Balaban J connectivity index is 1.88. The van der Waals surface area contributed by atoms with Crippen LogP contribution in [-0.4, -0.2) is 30.2 Å². The van der Waals surface area contributed by atoms with Crippen LogP contribution < -0.4 is 4.74 Å². The number of amides is 1. The van der Waals surface area contributed by atoms with Crippen molar-refractivity contribution in [3.05, 3.63) is 51.7 Å². The second-order valence-electron chi connectivity index (χ2n) is 6.04. The van der Waals surface area contributed by atoms with Gasteiger partial charge in [-0.1, -0.05) is 12.1 Å². The predicted octanol–water partition coefficient (Wildman–Crippen LogP) is 4.33. The molecule has 0 radical (unpaired) electrons. The third kappa shape index (κ3) is 3.36. The number of hydrogen-bond donors (Lipinski definition) is 0. The van der Waals surface area contributed by atoms with E-state index in [1.165, 1.54) is 18.3 Å². The summed E-state index contributed by atoms with van der Waals surface area (Å²) in [6, 6.07) is 9.70. The molecule has 0 saturated carbocycles. The number of likely N-dealkylation sites (tertiary alicyclic amines) is 1. The Morgan fingerprint density at radius 3 is 2.79 bits per heavy atom. The van der Waals surface area contributed by atoms with Crippen LogP contribution in [0.2, 0.25) is 0 Å². The zero-order valence-electron chi connectivity index (χ0n) is 14.0. The van der Waals surface area contributed by atoms with Crippen LogP contribution in [0.4, 0.5) is 0 Å². The van der Waals surface area contributed by atoms with Crippen molar-refractivity contribution in [2.45, 2.75) is 32.2 Å². The highest BCUT2D eigenvalue weighted by molar-refractivity contribution is 7.12. The fraction of sp³-hybridized carbons (Fsp3) is 0.368. The van der Waals surface area contributed by atoms with Crippen molar-refractivity contribution in [3.8, 4) is 5.75 Å². The highest BCUT2D eigenvalue weighted by Crippen LogP contribution is 2.34. The van der Waals surface area contributed by atoms with Gasteiger partial charge in [0.05, 0.1) is 23.6 Å². The molecule has 2 aromatic rings. The van der Waals surface area contributed by atoms with Crippen molar-refractivity contribution >= 4 is 23.0 Å². The lowest BCUT2D eigenvalue weighted by atomic mass is 9.94. The van der Waals surface area contributed by atoms with Crippen LogP contribution in [0.1, 0.15) is 57.8 Å². The number of hydrogen-bond acceptors (Lipinski definition) is 4. The van der Waals surface area contributed by atoms with E-state index in [1.54, 1.807) is 18.6 Å². The molecule has 0 aliphatic carbocycles. The molecule has 1 aliphatic rings. The second-order valence-corrected chi connectivity index (χ2v) is 6.95. The van der Waals surface area contributed by atoms with Gasteiger partial charge in [-0.05, 0) is 49.9 Å². The molecule has 1 aromatic heterocycles. The summed E-state index contributed by atoms with van der Waals surface area (Å²) < 4.78 is 5.32. The molecule has 24 heavy (non-hydrogen) atoms. The Labute approximate surface area is 146 Å². The Kier molecular flexibility index (Phi) is 5.00. The van der Waals surface area contributed by atoms with E-state index in [9.17, 15) is 9.59 Å². The number of rotatable bonds is 4. The van der Waals surface area contributed by atoms with Crippen molar-refractivity contribution in [3.63, 3.8) is 0 Å². The van der Waals surface area contributed by atoms with Crippen molar-refractivity contribution in [1.29, 1.82) is 0 Å². The molecule has 3 rings (SSSR count). The lowest BCUT2D eigenvalue weighted by Crippen LogP contribution is -2.38. The third-order valence-electron chi connectivity index (χ3n) is 4.44. The number of methoxy groups -OCH3 is 1. The first-order chi connectivity index (χ1) is 11.6. The topological polar surface area (TPSA) is 46.6 Å². The van der Waals surface area contributed by atoms with Gasteiger partial charge in [-0.3, -0.25) is 9.59 Å². The minimum Gasteiger partial charge on any atom is -0.497 e. The maximum absolute atomic E-state index is 13.0. The summed E-state index contributed by atoms with van der Waals surface area (Å²) in [5.41, 5.74) is 1.71. The van der Waals surface area contributed by atoms with Gasteiger partial charge in [0, 0.05) is 11.9 Å². The zero-order valence-corrected chi connectivity index (χ0v) is 14.8. The molecule has 0 spiro atoms. The first-order valence-corrected chi connectivity index (χ1v) is 9.02. The molecule has 4 nitrogen and oxygen atoms in total. The molecule has 1 amide bonds. The summed E-state index contributed by atoms with van der Waals surface area (Å²) in [5, 5.41) is 1.79. The number of carbonyl (C=O) groups is 2. The van der Waals surface area contributed by atoms with Crippen molar-refractivity contribution in [2.75, 3.05) is 13.7 Å². The van der Waals surface area contributed by atoms with Crippen LogP contribution in [0.15, 0.2) is 35.7 Å². The van der Waals surface area contributed by atoms with Gasteiger partial charge in [0.2, 0.25) is 0 Å². The number of Topliss-reactive ketones (excluding diaryl/α,β-unsaturated/α-hetero) is 1. The maximum Gasteiger partial charge on any atom is 0.255 e. The molecule has 1 fully saturated rings. The van der Waals surface area contributed by atoms with Gasteiger partial charge < -0.3 is 9.64 Å². The fourth-order valence-corrected chi connectivity index (χ4v) is 3.95. The van der Waals surface area contributed by atoms with Gasteiger partial charge in [0.15, 0.2) is 5.78 Å². The van der Waals surface area contributed by atoms with Crippen molar-refractivity contribution < 1.29 is 14.3 Å². The van der Waals surface area contributed by atoms with Gasteiger partial charge >= 0.3 is 0 Å². The molecule has 1 atom stereocenters. The lowest BCUT2D eigenvalue weighted by Gasteiger charge is -2.36. The van der Waals surface area contributed by atoms with E-state index in [0.717, 1.165) is 37.1 Å². The van der Waals surface area contributed by atoms with Gasteiger partial charge in [-0.25, -0.2) is 0 Å². The molecule has 1 aromatic carbocycles. The van der Waals surface area contributed by atoms with E-state index >= 15 is 0 Å². The minimum absolute atomic E-state index is 0.00189. The number of piperidine rings is 1. The van der Waals surface area contributed by atoms with E-state index in [4.69, 9.17) is 4.74 Å². The summed E-state index contributed by atoms with van der Waals surface area (Å²) in [6.45, 7) is 2.27. The molecule has 1 saturated heterocycles. The number of ketones is 1. The summed E-state index contributed by atoms with van der Waals surface area (Å²) >= 11 is 1.34. The van der Waals surface area contributed by atoms with Crippen LogP contribution in [0, 0.1) is 0 Å². The van der Waals surface area contributed by atoms with Crippen molar-refractivity contribution in [2.24, 2.45) is 0 Å². The number of benzene rings is 1. The van der Waals surface area contributed by atoms with Crippen LogP contribution in [-0.2, 0) is 0 Å². The lowest BCUT2D eigenvalue weighted by molar-refractivity contribution is 0.0612. The minimum atomic E-state index is 0.00189. The quantitative estimate of drug-likeness (QED) is 0.777.